The fourth-order valence-corrected chi connectivity index (χ4v) is 2.01. The second kappa shape index (κ2) is 6.45. The Hall–Kier alpha value is -2.27. The molecule has 3 N–H and O–H groups in total. The summed E-state index contributed by atoms with van der Waals surface area (Å²) in [6.45, 7) is 1.97. The first-order valence-electron chi connectivity index (χ1n) is 6.53. The van der Waals surface area contributed by atoms with Gasteiger partial charge in [-0.25, -0.2) is 8.78 Å². The topological polar surface area (TPSA) is 55.1 Å². The Balaban J connectivity index is 2.07. The van der Waals surface area contributed by atoms with Gasteiger partial charge in [-0.3, -0.25) is 4.79 Å². The summed E-state index contributed by atoms with van der Waals surface area (Å²) in [5, 5.41) is 2.62. The molecule has 0 bridgehead atoms. The van der Waals surface area contributed by atoms with Crippen LogP contribution in [0.5, 0.6) is 0 Å². The van der Waals surface area contributed by atoms with Crippen LogP contribution in [0.4, 0.5) is 8.78 Å². The van der Waals surface area contributed by atoms with Crippen molar-refractivity contribution >= 4 is 5.91 Å². The molecule has 0 spiro atoms. The van der Waals surface area contributed by atoms with E-state index in [0.717, 1.165) is 0 Å². The Bertz CT molecular complexity index is 671. The van der Waals surface area contributed by atoms with Gasteiger partial charge < -0.3 is 11.1 Å². The maximum absolute atomic E-state index is 13.8. The van der Waals surface area contributed by atoms with Crippen LogP contribution in [0.25, 0.3) is 0 Å². The normalized spacial score (nSPS) is 10.5. The maximum Gasteiger partial charge on any atom is 0.251 e. The molecule has 2 aromatic carbocycles. The molecule has 2 rings (SSSR count). The van der Waals surface area contributed by atoms with Crippen molar-refractivity contribution < 1.29 is 13.6 Å². The molecule has 0 aromatic heterocycles. The smallest absolute Gasteiger partial charge is 0.251 e. The molecule has 0 atom stereocenters. The quantitative estimate of drug-likeness (QED) is 0.909. The van der Waals surface area contributed by atoms with E-state index in [2.05, 4.69) is 5.32 Å². The Kier molecular flexibility index (Phi) is 4.65. The molecule has 0 radical (unpaired) electrons. The zero-order valence-electron chi connectivity index (χ0n) is 11.6. The third-order valence-corrected chi connectivity index (χ3v) is 3.23. The fourth-order valence-electron chi connectivity index (χ4n) is 2.01. The van der Waals surface area contributed by atoms with Gasteiger partial charge in [-0.05, 0) is 42.3 Å². The van der Waals surface area contributed by atoms with E-state index in [1.807, 2.05) is 0 Å². The highest BCUT2D eigenvalue weighted by atomic mass is 19.1. The summed E-state index contributed by atoms with van der Waals surface area (Å²) in [5.74, 6) is -1.17. The summed E-state index contributed by atoms with van der Waals surface area (Å²) in [4.78, 5) is 12.0. The molecule has 5 heteroatoms. The number of hydrogen-bond donors (Lipinski definition) is 2. The minimum Gasteiger partial charge on any atom is -0.348 e. The average molecular weight is 290 g/mol. The molecule has 0 saturated carbocycles. The monoisotopic (exact) mass is 290 g/mol. The van der Waals surface area contributed by atoms with Crippen LogP contribution in [0.1, 0.15) is 27.0 Å². The van der Waals surface area contributed by atoms with Crippen LogP contribution < -0.4 is 11.1 Å². The lowest BCUT2D eigenvalue weighted by atomic mass is 10.1. The van der Waals surface area contributed by atoms with Crippen molar-refractivity contribution in [1.82, 2.24) is 5.32 Å². The van der Waals surface area contributed by atoms with Gasteiger partial charge in [-0.1, -0.05) is 12.1 Å². The van der Waals surface area contributed by atoms with Crippen molar-refractivity contribution in [3.05, 3.63) is 70.3 Å². The summed E-state index contributed by atoms with van der Waals surface area (Å²) in [6, 6.07) is 8.58. The highest BCUT2D eigenvalue weighted by Crippen LogP contribution is 2.12. The van der Waals surface area contributed by atoms with Crippen molar-refractivity contribution in [2.45, 2.75) is 20.0 Å². The van der Waals surface area contributed by atoms with Gasteiger partial charge in [0.05, 0.1) is 0 Å². The molecule has 1 amide bonds. The summed E-state index contributed by atoms with van der Waals surface area (Å²) in [5.41, 5.74) is 7.40. The van der Waals surface area contributed by atoms with E-state index >= 15 is 0 Å². The van der Waals surface area contributed by atoms with Gasteiger partial charge in [0, 0.05) is 24.2 Å². The minimum absolute atomic E-state index is 0.0618. The van der Waals surface area contributed by atoms with E-state index < -0.39 is 11.6 Å². The third-order valence-electron chi connectivity index (χ3n) is 3.23. The number of rotatable bonds is 4. The largest absolute Gasteiger partial charge is 0.348 e. The first-order valence-corrected chi connectivity index (χ1v) is 6.53. The summed E-state index contributed by atoms with van der Waals surface area (Å²) >= 11 is 0. The Morgan fingerprint density at radius 3 is 2.57 bits per heavy atom. The zero-order valence-corrected chi connectivity index (χ0v) is 11.6. The number of nitrogens with two attached hydrogens (primary N) is 1. The van der Waals surface area contributed by atoms with Crippen LogP contribution in [0.3, 0.4) is 0 Å². The zero-order chi connectivity index (χ0) is 15.4. The second-order valence-corrected chi connectivity index (χ2v) is 4.77. The van der Waals surface area contributed by atoms with Crippen molar-refractivity contribution in [3.8, 4) is 0 Å². The number of carbonyl (C=O) groups excluding carboxylic acids is 1. The predicted octanol–water partition coefficient (Wildman–Crippen LogP) is 2.66. The molecule has 0 aliphatic heterocycles. The SMILES string of the molecule is Cc1cc(F)ccc1C(=O)NCc1ccc(CN)cc1F. The lowest BCUT2D eigenvalue weighted by Gasteiger charge is -2.09. The van der Waals surface area contributed by atoms with Crippen molar-refractivity contribution in [2.24, 2.45) is 5.73 Å². The Labute approximate surface area is 121 Å². The van der Waals surface area contributed by atoms with Gasteiger partial charge in [0.2, 0.25) is 0 Å². The molecular weight excluding hydrogens is 274 g/mol. The Morgan fingerprint density at radius 1 is 1.19 bits per heavy atom. The standard InChI is InChI=1S/C16H16F2N2O/c1-10-6-13(17)4-5-14(10)16(21)20-9-12-3-2-11(8-19)7-15(12)18/h2-7H,8-9,19H2,1H3,(H,20,21). The molecular formula is C16H16F2N2O. The van der Waals surface area contributed by atoms with Crippen LogP contribution in [-0.2, 0) is 13.1 Å². The van der Waals surface area contributed by atoms with Gasteiger partial charge in [0.1, 0.15) is 11.6 Å². The molecule has 0 unspecified atom stereocenters. The van der Waals surface area contributed by atoms with Gasteiger partial charge in [0.15, 0.2) is 0 Å². The van der Waals surface area contributed by atoms with Crippen molar-refractivity contribution in [1.29, 1.82) is 0 Å². The van der Waals surface area contributed by atoms with Gasteiger partial charge in [-0.15, -0.1) is 0 Å². The highest BCUT2D eigenvalue weighted by molar-refractivity contribution is 5.95. The molecule has 0 saturated heterocycles. The molecule has 2 aromatic rings. The molecule has 3 nitrogen and oxygen atoms in total. The summed E-state index contributed by atoms with van der Waals surface area (Å²) in [7, 11) is 0. The van der Waals surface area contributed by atoms with E-state index in [-0.39, 0.29) is 19.0 Å². The van der Waals surface area contributed by atoms with Crippen molar-refractivity contribution in [2.75, 3.05) is 0 Å². The summed E-state index contributed by atoms with van der Waals surface area (Å²) < 4.78 is 26.8. The number of aryl methyl sites for hydroxylation is 1. The van der Waals surface area contributed by atoms with Gasteiger partial charge in [-0.2, -0.15) is 0 Å². The third kappa shape index (κ3) is 3.64. The molecule has 0 aliphatic rings. The van der Waals surface area contributed by atoms with E-state index in [4.69, 9.17) is 5.73 Å². The number of hydrogen-bond acceptors (Lipinski definition) is 2. The van der Waals surface area contributed by atoms with E-state index in [0.29, 0.717) is 22.3 Å². The number of carbonyl (C=O) groups is 1. The van der Waals surface area contributed by atoms with Crippen LogP contribution in [0, 0.1) is 18.6 Å². The second-order valence-electron chi connectivity index (χ2n) is 4.77. The van der Waals surface area contributed by atoms with Crippen molar-refractivity contribution in [3.63, 3.8) is 0 Å². The van der Waals surface area contributed by atoms with E-state index in [9.17, 15) is 13.6 Å². The molecule has 21 heavy (non-hydrogen) atoms. The Morgan fingerprint density at radius 2 is 1.95 bits per heavy atom. The molecule has 110 valence electrons. The molecule has 0 heterocycles. The molecule has 0 aliphatic carbocycles. The van der Waals surface area contributed by atoms with Gasteiger partial charge >= 0.3 is 0 Å². The number of amides is 1. The summed E-state index contributed by atoms with van der Waals surface area (Å²) in [6.07, 6.45) is 0. The fraction of sp³-hybridized carbons (Fsp3) is 0.188. The number of benzene rings is 2. The number of nitrogens with one attached hydrogen (secondary N) is 1. The van der Waals surface area contributed by atoms with E-state index in [1.165, 1.54) is 24.3 Å². The lowest BCUT2D eigenvalue weighted by Crippen LogP contribution is -2.24. The van der Waals surface area contributed by atoms with Crippen LogP contribution in [0.15, 0.2) is 36.4 Å². The number of halogens is 2. The molecule has 0 fully saturated rings. The maximum atomic E-state index is 13.8. The minimum atomic E-state index is -0.408. The highest BCUT2D eigenvalue weighted by Gasteiger charge is 2.10. The van der Waals surface area contributed by atoms with Crippen LogP contribution in [-0.4, -0.2) is 5.91 Å². The first kappa shape index (κ1) is 15.1. The predicted molar refractivity (Wildman–Crippen MR) is 76.6 cm³/mol. The van der Waals surface area contributed by atoms with E-state index in [1.54, 1.807) is 19.1 Å². The average Bonchev–Trinajstić information content (AvgIpc) is 2.45. The lowest BCUT2D eigenvalue weighted by molar-refractivity contribution is 0.0950. The van der Waals surface area contributed by atoms with Gasteiger partial charge in [0.25, 0.3) is 5.91 Å². The van der Waals surface area contributed by atoms with Crippen LogP contribution >= 0.6 is 0 Å². The van der Waals surface area contributed by atoms with Crippen LogP contribution in [0.2, 0.25) is 0 Å². The first-order chi connectivity index (χ1) is 10.0.